The number of nitrogens with one attached hydrogen (secondary N) is 4. The highest BCUT2D eigenvalue weighted by molar-refractivity contribution is 5.77. The van der Waals surface area contributed by atoms with Gasteiger partial charge in [0.25, 0.3) is 11.5 Å². The Morgan fingerprint density at radius 2 is 1.92 bits per heavy atom. The quantitative estimate of drug-likeness (QED) is 0.388. The van der Waals surface area contributed by atoms with Gasteiger partial charge in [-0.2, -0.15) is 0 Å². The third-order valence-corrected chi connectivity index (χ3v) is 3.35. The highest BCUT2D eigenvalue weighted by atomic mass is 16.5. The summed E-state index contributed by atoms with van der Waals surface area (Å²) in [7, 11) is 0. The molecule has 0 atom stereocenters. The number of benzene rings is 1. The molecular formula is C15H16N6O4. The molecule has 2 aromatic heterocycles. The molecule has 2 heterocycles. The van der Waals surface area contributed by atoms with Crippen LogP contribution in [0.25, 0.3) is 22.6 Å². The Morgan fingerprint density at radius 1 is 1.16 bits per heavy atom. The molecule has 0 saturated carbocycles. The van der Waals surface area contributed by atoms with Crippen LogP contribution in [0.15, 0.2) is 33.9 Å². The summed E-state index contributed by atoms with van der Waals surface area (Å²) in [5, 5.41) is 2.60. The smallest absolute Gasteiger partial charge is 0.327 e. The zero-order valence-electron chi connectivity index (χ0n) is 13.1. The maximum Gasteiger partial charge on any atom is 0.327 e. The first-order valence-electron chi connectivity index (χ1n) is 7.49. The fourth-order valence-corrected chi connectivity index (χ4v) is 2.19. The second-order valence-electron chi connectivity index (χ2n) is 5.17. The molecule has 1 amide bonds. The Labute approximate surface area is 140 Å². The van der Waals surface area contributed by atoms with Crippen molar-refractivity contribution >= 4 is 17.1 Å². The number of fused-ring (bicyclic) bond motifs is 1. The van der Waals surface area contributed by atoms with Gasteiger partial charge in [0.15, 0.2) is 12.3 Å². The summed E-state index contributed by atoms with van der Waals surface area (Å²) in [6.07, 6.45) is 0. The van der Waals surface area contributed by atoms with Crippen molar-refractivity contribution in [2.24, 2.45) is 5.73 Å². The van der Waals surface area contributed by atoms with E-state index in [-0.39, 0.29) is 23.7 Å². The van der Waals surface area contributed by atoms with E-state index >= 15 is 0 Å². The van der Waals surface area contributed by atoms with Crippen LogP contribution in [-0.2, 0) is 4.79 Å². The lowest BCUT2D eigenvalue weighted by Crippen LogP contribution is -2.32. The molecule has 0 radical (unpaired) electrons. The second-order valence-corrected chi connectivity index (χ2v) is 5.17. The molecule has 0 saturated heterocycles. The molecular weight excluding hydrogens is 328 g/mol. The van der Waals surface area contributed by atoms with E-state index < -0.39 is 11.2 Å². The average molecular weight is 344 g/mol. The van der Waals surface area contributed by atoms with Crippen molar-refractivity contribution in [3.05, 3.63) is 45.1 Å². The number of H-pyrrole nitrogens is 3. The first-order chi connectivity index (χ1) is 12.1. The summed E-state index contributed by atoms with van der Waals surface area (Å²) in [6, 6.07) is 6.78. The number of nitrogens with two attached hydrogens (primary N) is 1. The van der Waals surface area contributed by atoms with Gasteiger partial charge in [0.05, 0.1) is 0 Å². The van der Waals surface area contributed by atoms with Gasteiger partial charge in [0.1, 0.15) is 17.1 Å². The molecule has 1 aromatic carbocycles. The lowest BCUT2D eigenvalue weighted by atomic mass is 10.2. The zero-order valence-corrected chi connectivity index (χ0v) is 13.1. The van der Waals surface area contributed by atoms with Crippen LogP contribution in [0.3, 0.4) is 0 Å². The van der Waals surface area contributed by atoms with Crippen LogP contribution in [0, 0.1) is 0 Å². The standard InChI is InChI=1S/C15H16N6O4/c16-5-6-17-10(22)7-25-9-3-1-8(2-4-9)12-18-11-13(19-12)20-15(24)21-14(11)23/h1-4H,5-7,16H2,(H,17,22)(H3,18,19,20,21,23,24). The van der Waals surface area contributed by atoms with E-state index in [9.17, 15) is 14.4 Å². The van der Waals surface area contributed by atoms with Crippen molar-refractivity contribution < 1.29 is 9.53 Å². The van der Waals surface area contributed by atoms with Crippen molar-refractivity contribution in [3.63, 3.8) is 0 Å². The van der Waals surface area contributed by atoms with E-state index in [1.807, 2.05) is 0 Å². The Bertz CT molecular complexity index is 1000. The molecule has 10 nitrogen and oxygen atoms in total. The molecule has 130 valence electrons. The summed E-state index contributed by atoms with van der Waals surface area (Å²) in [4.78, 5) is 46.1. The molecule has 0 aliphatic heterocycles. The van der Waals surface area contributed by atoms with Gasteiger partial charge in [0.2, 0.25) is 0 Å². The van der Waals surface area contributed by atoms with Crippen molar-refractivity contribution in [1.82, 2.24) is 25.3 Å². The largest absolute Gasteiger partial charge is 0.484 e. The third-order valence-electron chi connectivity index (χ3n) is 3.35. The van der Waals surface area contributed by atoms with Gasteiger partial charge in [0, 0.05) is 18.7 Å². The lowest BCUT2D eigenvalue weighted by molar-refractivity contribution is -0.123. The zero-order chi connectivity index (χ0) is 17.8. The van der Waals surface area contributed by atoms with Gasteiger partial charge in [-0.3, -0.25) is 19.6 Å². The van der Waals surface area contributed by atoms with E-state index in [2.05, 4.69) is 25.3 Å². The Hall–Kier alpha value is -3.40. The summed E-state index contributed by atoms with van der Waals surface area (Å²) in [5.74, 6) is 0.679. The van der Waals surface area contributed by atoms with Crippen LogP contribution in [0.5, 0.6) is 5.75 Å². The number of nitrogens with zero attached hydrogens (tertiary/aromatic N) is 1. The van der Waals surface area contributed by atoms with Gasteiger partial charge < -0.3 is 20.8 Å². The summed E-state index contributed by atoms with van der Waals surface area (Å²) >= 11 is 0. The number of imidazole rings is 1. The highest BCUT2D eigenvalue weighted by Crippen LogP contribution is 2.20. The number of ether oxygens (including phenoxy) is 1. The number of aromatic nitrogens is 4. The van der Waals surface area contributed by atoms with Crippen molar-refractivity contribution in [1.29, 1.82) is 0 Å². The van der Waals surface area contributed by atoms with Gasteiger partial charge in [-0.05, 0) is 24.3 Å². The van der Waals surface area contributed by atoms with E-state index in [1.54, 1.807) is 24.3 Å². The number of carbonyl (C=O) groups is 1. The Kier molecular flexibility index (Phi) is 4.61. The van der Waals surface area contributed by atoms with Crippen LogP contribution in [0.2, 0.25) is 0 Å². The molecule has 0 spiro atoms. The van der Waals surface area contributed by atoms with Gasteiger partial charge >= 0.3 is 5.69 Å². The van der Waals surface area contributed by atoms with Crippen molar-refractivity contribution in [2.75, 3.05) is 19.7 Å². The Balaban J connectivity index is 1.74. The molecule has 0 fully saturated rings. The SMILES string of the molecule is NCCNC(=O)COc1ccc(-c2nc3[nH]c(=O)[nH]c(=O)c3[nH]2)cc1. The van der Waals surface area contributed by atoms with Crippen LogP contribution in [-0.4, -0.2) is 45.5 Å². The van der Waals surface area contributed by atoms with Crippen molar-refractivity contribution in [3.8, 4) is 17.1 Å². The minimum Gasteiger partial charge on any atom is -0.484 e. The van der Waals surface area contributed by atoms with E-state index in [0.717, 1.165) is 0 Å². The minimum absolute atomic E-state index is 0.111. The summed E-state index contributed by atoms with van der Waals surface area (Å²) in [6.45, 7) is 0.654. The number of rotatable bonds is 6. The normalized spacial score (nSPS) is 10.8. The topological polar surface area (TPSA) is 159 Å². The predicted molar refractivity (Wildman–Crippen MR) is 90.3 cm³/mol. The van der Waals surface area contributed by atoms with Crippen molar-refractivity contribution in [2.45, 2.75) is 0 Å². The van der Waals surface area contributed by atoms with E-state index in [4.69, 9.17) is 10.5 Å². The van der Waals surface area contributed by atoms with Gasteiger partial charge in [-0.15, -0.1) is 0 Å². The first kappa shape index (κ1) is 16.5. The van der Waals surface area contributed by atoms with E-state index in [1.165, 1.54) is 0 Å². The summed E-state index contributed by atoms with van der Waals surface area (Å²) < 4.78 is 5.36. The minimum atomic E-state index is -0.618. The fraction of sp³-hybridized carbons (Fsp3) is 0.200. The summed E-state index contributed by atoms with van der Waals surface area (Å²) in [5.41, 5.74) is 5.20. The lowest BCUT2D eigenvalue weighted by Gasteiger charge is -2.07. The van der Waals surface area contributed by atoms with Crippen LogP contribution >= 0.6 is 0 Å². The average Bonchev–Trinajstić information content (AvgIpc) is 3.03. The van der Waals surface area contributed by atoms with Crippen LogP contribution in [0.4, 0.5) is 0 Å². The molecule has 0 unspecified atom stereocenters. The number of aromatic amines is 3. The maximum atomic E-state index is 11.7. The number of amides is 1. The van der Waals surface area contributed by atoms with Crippen LogP contribution < -0.4 is 27.0 Å². The first-order valence-corrected chi connectivity index (χ1v) is 7.49. The predicted octanol–water partition coefficient (Wildman–Crippen LogP) is -0.940. The number of hydrogen-bond donors (Lipinski definition) is 5. The molecule has 6 N–H and O–H groups in total. The molecule has 0 aliphatic rings. The number of carbonyl (C=O) groups excluding carboxylic acids is 1. The highest BCUT2D eigenvalue weighted by Gasteiger charge is 2.09. The third kappa shape index (κ3) is 3.75. The molecule has 0 aliphatic carbocycles. The van der Waals surface area contributed by atoms with Crippen LogP contribution in [0.1, 0.15) is 0 Å². The molecule has 25 heavy (non-hydrogen) atoms. The van der Waals surface area contributed by atoms with Gasteiger partial charge in [-0.25, -0.2) is 9.78 Å². The molecule has 3 rings (SSSR count). The maximum absolute atomic E-state index is 11.7. The second kappa shape index (κ2) is 7.01. The molecule has 10 heteroatoms. The molecule has 3 aromatic rings. The Morgan fingerprint density at radius 3 is 2.64 bits per heavy atom. The van der Waals surface area contributed by atoms with E-state index in [0.29, 0.717) is 30.2 Å². The fourth-order valence-electron chi connectivity index (χ4n) is 2.19. The monoisotopic (exact) mass is 344 g/mol. The molecule has 0 bridgehead atoms. The van der Waals surface area contributed by atoms with Gasteiger partial charge in [-0.1, -0.05) is 0 Å². The number of hydrogen-bond acceptors (Lipinski definition) is 6.